The summed E-state index contributed by atoms with van der Waals surface area (Å²) >= 11 is 3.38. The minimum absolute atomic E-state index is 0.0717. The fourth-order valence-corrected chi connectivity index (χ4v) is 2.50. The lowest BCUT2D eigenvalue weighted by molar-refractivity contribution is -0.398. The summed E-state index contributed by atoms with van der Waals surface area (Å²) in [6.45, 7) is -0.0961. The topological polar surface area (TPSA) is 90.4 Å². The smallest absolute Gasteiger partial charge is 0.394 e. The number of hydrogen-bond donors (Lipinski definition) is 1. The molecule has 16 heavy (non-hydrogen) atoms. The maximum atomic E-state index is 10.7. The average Bonchev–Trinajstić information content (AvgIpc) is 2.82. The van der Waals surface area contributed by atoms with Crippen molar-refractivity contribution in [1.82, 2.24) is 9.55 Å². The van der Waals surface area contributed by atoms with Crippen LogP contribution in [0.25, 0.3) is 0 Å². The zero-order valence-corrected chi connectivity index (χ0v) is 9.78. The zero-order chi connectivity index (χ0) is 11.7. The Morgan fingerprint density at radius 1 is 1.81 bits per heavy atom. The van der Waals surface area contributed by atoms with Crippen molar-refractivity contribution in [1.29, 1.82) is 0 Å². The summed E-state index contributed by atoms with van der Waals surface area (Å²) < 4.78 is 6.84. The van der Waals surface area contributed by atoms with E-state index in [1.807, 2.05) is 0 Å². The molecule has 1 aromatic rings. The Balaban J connectivity index is 2.24. The SMILES string of the molecule is O=[N+]([O-])c1nccn1C1O[C@H](CO)C[C@H]1Br. The molecule has 1 fully saturated rings. The van der Waals surface area contributed by atoms with Crippen molar-refractivity contribution in [2.75, 3.05) is 6.61 Å². The highest BCUT2D eigenvalue weighted by Crippen LogP contribution is 2.35. The van der Waals surface area contributed by atoms with Crippen molar-refractivity contribution in [2.24, 2.45) is 0 Å². The van der Waals surface area contributed by atoms with Crippen molar-refractivity contribution in [2.45, 2.75) is 23.6 Å². The monoisotopic (exact) mass is 291 g/mol. The van der Waals surface area contributed by atoms with Crippen LogP contribution in [0.5, 0.6) is 0 Å². The lowest BCUT2D eigenvalue weighted by Gasteiger charge is -2.12. The van der Waals surface area contributed by atoms with Gasteiger partial charge in [-0.25, -0.2) is 4.57 Å². The molecule has 0 spiro atoms. The Hall–Kier alpha value is -0.990. The second kappa shape index (κ2) is 4.48. The standard InChI is InChI=1S/C8H10BrN3O4/c9-6-3-5(4-13)16-7(6)11-2-1-10-8(11)12(14)15/h1-2,5-7,13H,3-4H2/t5-,6+,7?/m0/s1. The first-order valence-electron chi connectivity index (χ1n) is 4.71. The molecule has 0 aromatic carbocycles. The third-order valence-corrected chi connectivity index (χ3v) is 3.24. The Bertz CT molecular complexity index is 396. The van der Waals surface area contributed by atoms with Crippen LogP contribution in [-0.2, 0) is 4.74 Å². The van der Waals surface area contributed by atoms with E-state index in [-0.39, 0.29) is 23.5 Å². The molecule has 0 amide bonds. The third kappa shape index (κ3) is 1.95. The molecule has 1 aliphatic rings. The van der Waals surface area contributed by atoms with E-state index in [1.165, 1.54) is 17.0 Å². The summed E-state index contributed by atoms with van der Waals surface area (Å²) in [5, 5.41) is 19.7. The fourth-order valence-electron chi connectivity index (χ4n) is 1.71. The summed E-state index contributed by atoms with van der Waals surface area (Å²) in [4.78, 5) is 13.7. The molecule has 7 nitrogen and oxygen atoms in total. The van der Waals surface area contributed by atoms with Crippen LogP contribution >= 0.6 is 15.9 Å². The van der Waals surface area contributed by atoms with Crippen LogP contribution < -0.4 is 0 Å². The second-order valence-corrected chi connectivity index (χ2v) is 4.65. The molecule has 0 radical (unpaired) electrons. The highest BCUT2D eigenvalue weighted by Gasteiger charge is 2.39. The van der Waals surface area contributed by atoms with Crippen molar-refractivity contribution in [3.8, 4) is 0 Å². The van der Waals surface area contributed by atoms with Crippen molar-refractivity contribution < 1.29 is 14.8 Å². The minimum Gasteiger partial charge on any atom is -0.394 e. The number of nitro groups is 1. The van der Waals surface area contributed by atoms with E-state index >= 15 is 0 Å². The quantitative estimate of drug-likeness (QED) is 0.506. The number of nitrogens with zero attached hydrogens (tertiary/aromatic N) is 3. The summed E-state index contributed by atoms with van der Waals surface area (Å²) in [6.07, 6.45) is 2.66. The predicted molar refractivity (Wildman–Crippen MR) is 57.2 cm³/mol. The van der Waals surface area contributed by atoms with Gasteiger partial charge in [0.15, 0.2) is 6.23 Å². The van der Waals surface area contributed by atoms with Gasteiger partial charge in [0.25, 0.3) is 0 Å². The van der Waals surface area contributed by atoms with Crippen LogP contribution in [-0.4, -0.2) is 37.1 Å². The van der Waals surface area contributed by atoms with Gasteiger partial charge >= 0.3 is 5.95 Å². The molecule has 1 aromatic heterocycles. The van der Waals surface area contributed by atoms with Crippen LogP contribution in [0.15, 0.2) is 12.4 Å². The molecule has 3 atom stereocenters. The number of imidazole rings is 1. The highest BCUT2D eigenvalue weighted by atomic mass is 79.9. The van der Waals surface area contributed by atoms with E-state index in [0.717, 1.165) is 0 Å². The van der Waals surface area contributed by atoms with Crippen LogP contribution in [0.1, 0.15) is 12.6 Å². The molecular weight excluding hydrogens is 282 g/mol. The molecule has 8 heteroatoms. The van der Waals surface area contributed by atoms with Gasteiger partial charge in [-0.3, -0.25) is 0 Å². The van der Waals surface area contributed by atoms with Gasteiger partial charge in [0.05, 0.1) is 17.5 Å². The first-order chi connectivity index (χ1) is 7.63. The van der Waals surface area contributed by atoms with Gasteiger partial charge in [-0.15, -0.1) is 0 Å². The van der Waals surface area contributed by atoms with E-state index in [4.69, 9.17) is 9.84 Å². The number of aromatic nitrogens is 2. The first-order valence-corrected chi connectivity index (χ1v) is 5.62. The minimum atomic E-state index is -0.560. The Labute approximate surface area is 99.3 Å². The largest absolute Gasteiger partial charge is 0.436 e. The second-order valence-electron chi connectivity index (χ2n) is 3.47. The van der Waals surface area contributed by atoms with Crippen LogP contribution in [0, 0.1) is 10.1 Å². The Kier molecular flexibility index (Phi) is 3.22. The molecule has 1 saturated heterocycles. The van der Waals surface area contributed by atoms with Crippen LogP contribution in [0.4, 0.5) is 5.95 Å². The van der Waals surface area contributed by atoms with Gasteiger partial charge in [0, 0.05) is 0 Å². The van der Waals surface area contributed by atoms with Crippen molar-refractivity contribution >= 4 is 21.9 Å². The van der Waals surface area contributed by atoms with E-state index in [1.54, 1.807) is 0 Å². The summed E-state index contributed by atoms with van der Waals surface area (Å²) in [5.41, 5.74) is 0. The van der Waals surface area contributed by atoms with Gasteiger partial charge in [-0.1, -0.05) is 20.9 Å². The highest BCUT2D eigenvalue weighted by molar-refractivity contribution is 9.09. The molecule has 0 saturated carbocycles. The van der Waals surface area contributed by atoms with Gasteiger partial charge < -0.3 is 20.0 Å². The molecule has 1 N–H and O–H groups in total. The molecule has 0 bridgehead atoms. The first kappa shape index (κ1) is 11.5. The number of aliphatic hydroxyl groups excluding tert-OH is 1. The molecule has 2 heterocycles. The van der Waals surface area contributed by atoms with Gasteiger partial charge in [0.1, 0.15) is 12.4 Å². The summed E-state index contributed by atoms with van der Waals surface area (Å²) in [7, 11) is 0. The number of ether oxygens (including phenoxy) is 1. The number of rotatable bonds is 3. The van der Waals surface area contributed by atoms with Gasteiger partial charge in [-0.05, 0) is 11.3 Å². The maximum Gasteiger partial charge on any atom is 0.436 e. The number of aliphatic hydroxyl groups is 1. The van der Waals surface area contributed by atoms with E-state index in [2.05, 4.69) is 20.9 Å². The van der Waals surface area contributed by atoms with Gasteiger partial charge in [-0.2, -0.15) is 0 Å². The Morgan fingerprint density at radius 3 is 3.12 bits per heavy atom. The molecule has 2 rings (SSSR count). The number of alkyl halides is 1. The van der Waals surface area contributed by atoms with E-state index < -0.39 is 11.2 Å². The lowest BCUT2D eigenvalue weighted by Crippen LogP contribution is -2.17. The Morgan fingerprint density at radius 2 is 2.56 bits per heavy atom. The fraction of sp³-hybridized carbons (Fsp3) is 0.625. The average molecular weight is 292 g/mol. The number of halogens is 1. The van der Waals surface area contributed by atoms with Crippen LogP contribution in [0.3, 0.4) is 0 Å². The normalized spacial score (nSPS) is 29.5. The molecule has 88 valence electrons. The van der Waals surface area contributed by atoms with E-state index in [9.17, 15) is 10.1 Å². The summed E-state index contributed by atoms with van der Waals surface area (Å²) in [6, 6.07) is 0. The molecule has 0 aliphatic carbocycles. The molecule has 1 aliphatic heterocycles. The predicted octanol–water partition coefficient (Wildman–Crippen LogP) is 0.835. The third-order valence-electron chi connectivity index (χ3n) is 2.42. The summed E-state index contributed by atoms with van der Waals surface area (Å²) in [5.74, 6) is -0.256. The molecule has 1 unspecified atom stereocenters. The van der Waals surface area contributed by atoms with Gasteiger partial charge in [0.2, 0.25) is 0 Å². The zero-order valence-electron chi connectivity index (χ0n) is 8.19. The van der Waals surface area contributed by atoms with Crippen molar-refractivity contribution in [3.05, 3.63) is 22.5 Å². The lowest BCUT2D eigenvalue weighted by atomic mass is 10.2. The van der Waals surface area contributed by atoms with Crippen LogP contribution in [0.2, 0.25) is 0 Å². The maximum absolute atomic E-state index is 10.7. The molecular formula is C8H10BrN3O4. The van der Waals surface area contributed by atoms with E-state index in [0.29, 0.717) is 6.42 Å². The number of hydrogen-bond acceptors (Lipinski definition) is 5. The van der Waals surface area contributed by atoms with Crippen molar-refractivity contribution in [3.63, 3.8) is 0 Å².